The van der Waals surface area contributed by atoms with Crippen LogP contribution in [-0.2, 0) is 12.7 Å². The number of aliphatic hydroxyl groups is 1. The zero-order valence-corrected chi connectivity index (χ0v) is 14.9. The summed E-state index contributed by atoms with van der Waals surface area (Å²) in [6.45, 7) is 0.237. The minimum Gasteiger partial charge on any atom is -0.383 e. The second-order valence-electron chi connectivity index (χ2n) is 5.52. The fraction of sp³-hybridized carbons (Fsp3) is 0.167. The Labute approximate surface area is 155 Å². The van der Waals surface area contributed by atoms with E-state index in [1.165, 1.54) is 22.7 Å². The summed E-state index contributed by atoms with van der Waals surface area (Å²) >= 11 is 2.87. The second-order valence-corrected chi connectivity index (χ2v) is 7.50. The van der Waals surface area contributed by atoms with Crippen molar-refractivity contribution in [2.75, 3.05) is 0 Å². The van der Waals surface area contributed by atoms with Crippen LogP contribution in [0.2, 0.25) is 0 Å². The van der Waals surface area contributed by atoms with Crippen molar-refractivity contribution in [2.24, 2.45) is 0 Å². The van der Waals surface area contributed by atoms with Gasteiger partial charge in [-0.1, -0.05) is 0 Å². The van der Waals surface area contributed by atoms with E-state index in [1.807, 2.05) is 22.9 Å². The lowest BCUT2D eigenvalue weighted by atomic mass is 10.1. The van der Waals surface area contributed by atoms with Gasteiger partial charge in [0.1, 0.15) is 6.10 Å². The van der Waals surface area contributed by atoms with Crippen LogP contribution < -0.4 is 5.32 Å². The molecule has 136 valence electrons. The highest BCUT2D eigenvalue weighted by Crippen LogP contribution is 2.30. The van der Waals surface area contributed by atoms with Gasteiger partial charge in [0.15, 0.2) is 0 Å². The third kappa shape index (κ3) is 4.32. The average molecular weight is 397 g/mol. The molecule has 0 unspecified atom stereocenters. The van der Waals surface area contributed by atoms with E-state index in [9.17, 15) is 23.1 Å². The minimum atomic E-state index is -4.42. The number of aliphatic hydroxyl groups excluding tert-OH is 1. The smallest absolute Gasteiger partial charge is 0.383 e. The van der Waals surface area contributed by atoms with Crippen molar-refractivity contribution in [2.45, 2.75) is 18.8 Å². The van der Waals surface area contributed by atoms with Crippen molar-refractivity contribution in [3.63, 3.8) is 0 Å². The molecule has 0 saturated heterocycles. The third-order valence-corrected chi connectivity index (χ3v) is 5.55. The van der Waals surface area contributed by atoms with E-state index in [4.69, 9.17) is 0 Å². The zero-order chi connectivity index (χ0) is 18.7. The number of carbonyl (C=O) groups excluding carboxylic acids is 1. The monoisotopic (exact) mass is 397 g/mol. The van der Waals surface area contributed by atoms with Gasteiger partial charge in [-0.2, -0.15) is 24.5 Å². The SMILES string of the molecule is O=C(NCc1ccc([C@H](O)c2ccsc2)s1)c1ccc(C(F)(F)F)cc1. The van der Waals surface area contributed by atoms with Gasteiger partial charge in [0, 0.05) is 15.3 Å². The summed E-state index contributed by atoms with van der Waals surface area (Å²) in [5.41, 5.74) is 0.185. The molecule has 2 heterocycles. The number of hydrogen-bond acceptors (Lipinski definition) is 4. The number of halogens is 3. The maximum absolute atomic E-state index is 12.5. The highest BCUT2D eigenvalue weighted by atomic mass is 32.1. The fourth-order valence-corrected chi connectivity index (χ4v) is 3.96. The van der Waals surface area contributed by atoms with Gasteiger partial charge in [0.25, 0.3) is 5.91 Å². The first kappa shape index (κ1) is 18.6. The van der Waals surface area contributed by atoms with E-state index in [0.29, 0.717) is 0 Å². The summed E-state index contributed by atoms with van der Waals surface area (Å²) in [6, 6.07) is 9.53. The summed E-state index contributed by atoms with van der Waals surface area (Å²) in [4.78, 5) is 13.7. The van der Waals surface area contributed by atoms with Crippen molar-refractivity contribution in [1.29, 1.82) is 0 Å². The van der Waals surface area contributed by atoms with Gasteiger partial charge >= 0.3 is 6.18 Å². The summed E-state index contributed by atoms with van der Waals surface area (Å²) in [7, 11) is 0. The Hall–Kier alpha value is -2.16. The summed E-state index contributed by atoms with van der Waals surface area (Å²) in [6.07, 6.45) is -5.13. The first-order valence-corrected chi connectivity index (χ1v) is 9.35. The van der Waals surface area contributed by atoms with Gasteiger partial charge in [-0.3, -0.25) is 4.79 Å². The standard InChI is InChI=1S/C18H14F3NO2S2/c19-18(20,21)13-3-1-11(2-4-13)17(24)22-9-14-5-6-15(26-14)16(23)12-7-8-25-10-12/h1-8,10,16,23H,9H2,(H,22,24)/t16-/m1/s1. The van der Waals surface area contributed by atoms with E-state index in [-0.39, 0.29) is 12.1 Å². The molecule has 1 aromatic carbocycles. The first-order chi connectivity index (χ1) is 12.3. The molecule has 0 saturated carbocycles. The molecular formula is C18H14F3NO2S2. The molecule has 26 heavy (non-hydrogen) atoms. The second kappa shape index (κ2) is 7.61. The number of alkyl halides is 3. The lowest BCUT2D eigenvalue weighted by Crippen LogP contribution is -2.22. The van der Waals surface area contributed by atoms with Crippen LogP contribution >= 0.6 is 22.7 Å². The van der Waals surface area contributed by atoms with Gasteiger partial charge < -0.3 is 10.4 Å². The lowest BCUT2D eigenvalue weighted by Gasteiger charge is -2.08. The van der Waals surface area contributed by atoms with Crippen molar-refractivity contribution in [3.05, 3.63) is 79.7 Å². The molecule has 2 aromatic heterocycles. The molecule has 0 aliphatic heterocycles. The number of rotatable bonds is 5. The van der Waals surface area contributed by atoms with Gasteiger partial charge in [-0.05, 0) is 58.8 Å². The number of carbonyl (C=O) groups is 1. The molecule has 1 atom stereocenters. The third-order valence-electron chi connectivity index (χ3n) is 3.71. The molecule has 0 radical (unpaired) electrons. The Morgan fingerprint density at radius 1 is 1.12 bits per heavy atom. The average Bonchev–Trinajstić information content (AvgIpc) is 3.30. The van der Waals surface area contributed by atoms with Gasteiger partial charge in [0.2, 0.25) is 0 Å². The first-order valence-electron chi connectivity index (χ1n) is 7.59. The molecule has 8 heteroatoms. The number of amides is 1. The number of benzene rings is 1. The number of thiophene rings is 2. The number of hydrogen-bond donors (Lipinski definition) is 2. The number of nitrogens with one attached hydrogen (secondary N) is 1. The fourth-order valence-electron chi connectivity index (χ4n) is 2.31. The Balaban J connectivity index is 1.60. The molecule has 3 rings (SSSR count). The molecule has 2 N–H and O–H groups in total. The quantitative estimate of drug-likeness (QED) is 0.647. The Kier molecular flexibility index (Phi) is 5.45. The Morgan fingerprint density at radius 2 is 1.85 bits per heavy atom. The highest BCUT2D eigenvalue weighted by molar-refractivity contribution is 7.12. The molecule has 0 bridgehead atoms. The Bertz CT molecular complexity index is 871. The highest BCUT2D eigenvalue weighted by Gasteiger charge is 2.30. The van der Waals surface area contributed by atoms with Gasteiger partial charge in [-0.25, -0.2) is 0 Å². The maximum Gasteiger partial charge on any atom is 0.416 e. The molecule has 0 aliphatic carbocycles. The van der Waals surface area contributed by atoms with Gasteiger partial charge in [-0.15, -0.1) is 11.3 Å². The molecule has 0 aliphatic rings. The van der Waals surface area contributed by atoms with Crippen molar-refractivity contribution >= 4 is 28.6 Å². The van der Waals surface area contributed by atoms with Gasteiger partial charge in [0.05, 0.1) is 12.1 Å². The summed E-state index contributed by atoms with van der Waals surface area (Å²) < 4.78 is 37.6. The van der Waals surface area contributed by atoms with Crippen molar-refractivity contribution in [3.8, 4) is 0 Å². The molecule has 1 amide bonds. The molecular weight excluding hydrogens is 383 g/mol. The molecule has 3 aromatic rings. The predicted molar refractivity (Wildman–Crippen MR) is 95.3 cm³/mol. The zero-order valence-electron chi connectivity index (χ0n) is 13.3. The van der Waals surface area contributed by atoms with Crippen LogP contribution in [0, 0.1) is 0 Å². The van der Waals surface area contributed by atoms with Crippen LogP contribution in [0.15, 0.2) is 53.2 Å². The van der Waals surface area contributed by atoms with E-state index < -0.39 is 23.8 Å². The summed E-state index contributed by atoms with van der Waals surface area (Å²) in [5.74, 6) is -0.452. The van der Waals surface area contributed by atoms with E-state index in [1.54, 1.807) is 6.07 Å². The molecule has 3 nitrogen and oxygen atoms in total. The van der Waals surface area contributed by atoms with Crippen LogP contribution in [-0.4, -0.2) is 11.0 Å². The van der Waals surface area contributed by atoms with Crippen LogP contribution in [0.3, 0.4) is 0 Å². The normalized spacial score (nSPS) is 12.8. The largest absolute Gasteiger partial charge is 0.416 e. The predicted octanol–water partition coefficient (Wildman–Crippen LogP) is 4.84. The van der Waals surface area contributed by atoms with Crippen molar-refractivity contribution < 1.29 is 23.1 Å². The van der Waals surface area contributed by atoms with E-state index >= 15 is 0 Å². The lowest BCUT2D eigenvalue weighted by molar-refractivity contribution is -0.137. The van der Waals surface area contributed by atoms with E-state index in [2.05, 4.69) is 5.32 Å². The maximum atomic E-state index is 12.5. The van der Waals surface area contributed by atoms with E-state index in [0.717, 1.165) is 39.6 Å². The van der Waals surface area contributed by atoms with Crippen LogP contribution in [0.4, 0.5) is 13.2 Å². The van der Waals surface area contributed by atoms with Crippen molar-refractivity contribution in [1.82, 2.24) is 5.32 Å². The molecule has 0 spiro atoms. The van der Waals surface area contributed by atoms with Crippen LogP contribution in [0.25, 0.3) is 0 Å². The molecule has 0 fully saturated rings. The van der Waals surface area contributed by atoms with Crippen LogP contribution in [0.5, 0.6) is 0 Å². The Morgan fingerprint density at radius 3 is 2.46 bits per heavy atom. The van der Waals surface area contributed by atoms with Crippen LogP contribution in [0.1, 0.15) is 37.3 Å². The topological polar surface area (TPSA) is 49.3 Å². The minimum absolute atomic E-state index is 0.160. The summed E-state index contributed by atoms with van der Waals surface area (Å²) in [5, 5.41) is 16.7.